The Morgan fingerprint density at radius 3 is 2.72 bits per heavy atom. The Kier molecular flexibility index (Phi) is 7.93. The number of rotatable bonds is 10. The Labute approximate surface area is 193 Å². The van der Waals surface area contributed by atoms with Crippen LogP contribution in [-0.4, -0.2) is 49.1 Å². The maximum absolute atomic E-state index is 14.2. The van der Waals surface area contributed by atoms with Crippen molar-refractivity contribution in [1.82, 2.24) is 4.81 Å². The predicted octanol–water partition coefficient (Wildman–Crippen LogP) is 3.52. The minimum Gasteiger partial charge on any atom is -0.427 e. The molecule has 9 heteroatoms. The number of halogens is 2. The second kappa shape index (κ2) is 10.5. The molecule has 1 heterocycles. The largest absolute Gasteiger partial charge is 0.450 e. The second-order valence-corrected chi connectivity index (χ2v) is 8.63. The third-order valence-electron chi connectivity index (χ3n) is 5.85. The highest BCUT2D eigenvalue weighted by molar-refractivity contribution is 6.66. The van der Waals surface area contributed by atoms with Gasteiger partial charge >= 0.3 is 14.5 Å². The van der Waals surface area contributed by atoms with Crippen LogP contribution in [0.15, 0.2) is 55.1 Å². The molecule has 1 N–H and O–H groups in total. The lowest BCUT2D eigenvalue weighted by Gasteiger charge is -2.26. The zero-order valence-corrected chi connectivity index (χ0v) is 18.7. The predicted molar refractivity (Wildman–Crippen MR) is 127 cm³/mol. The van der Waals surface area contributed by atoms with Gasteiger partial charge in [0.2, 0.25) is 5.91 Å². The highest BCUT2D eigenvalue weighted by Crippen LogP contribution is 2.41. The van der Waals surface area contributed by atoms with Crippen molar-refractivity contribution in [3.63, 3.8) is 0 Å². The number of carbonyl (C=O) groups is 2. The van der Waals surface area contributed by atoms with Gasteiger partial charge in [-0.3, -0.25) is 4.79 Å². The Morgan fingerprint density at radius 2 is 2.09 bits per heavy atom. The molecule has 0 aliphatic carbocycles. The topological polar surface area (TPSA) is 66.8 Å². The van der Waals surface area contributed by atoms with Gasteiger partial charge in [-0.1, -0.05) is 41.9 Å². The first-order valence-electron chi connectivity index (χ1n) is 10.5. The standard InChI is InChI=1S/C23H25B2ClFNO4/c1-3-10-23(14-32-25(2)31)13-19(28(22(23)30)24-15-29)11-16-4-6-17(7-5-16)20-12-18(26)8-9-21(20)27/h3-9,12,15,19,24,31H,1,10-11,13-14H2,2H3/t19-,23?/m1/s1. The van der Waals surface area contributed by atoms with Crippen LogP contribution in [0.1, 0.15) is 18.4 Å². The number of amides is 1. The van der Waals surface area contributed by atoms with Crippen molar-refractivity contribution < 1.29 is 23.7 Å². The fraction of sp³-hybridized carbons (Fsp3) is 0.304. The molecule has 166 valence electrons. The zero-order valence-electron chi connectivity index (χ0n) is 18.0. The van der Waals surface area contributed by atoms with Crippen molar-refractivity contribution in [1.29, 1.82) is 0 Å². The van der Waals surface area contributed by atoms with Crippen molar-refractivity contribution >= 4 is 38.2 Å². The van der Waals surface area contributed by atoms with Crippen LogP contribution in [0.5, 0.6) is 0 Å². The van der Waals surface area contributed by atoms with Crippen LogP contribution >= 0.6 is 11.6 Å². The van der Waals surface area contributed by atoms with E-state index in [1.807, 2.05) is 24.3 Å². The fourth-order valence-corrected chi connectivity index (χ4v) is 4.50. The molecule has 0 aromatic heterocycles. The quantitative estimate of drug-likeness (QED) is 0.338. The van der Waals surface area contributed by atoms with Gasteiger partial charge in [0.25, 0.3) is 0 Å². The molecular formula is C23H25B2ClFNO4. The maximum atomic E-state index is 14.2. The summed E-state index contributed by atoms with van der Waals surface area (Å²) in [6.45, 7) is 5.31. The van der Waals surface area contributed by atoms with Gasteiger partial charge in [-0.25, -0.2) is 4.39 Å². The highest BCUT2D eigenvalue weighted by Gasteiger charge is 2.50. The third kappa shape index (κ3) is 5.31. The first kappa shape index (κ1) is 24.2. The molecule has 3 rings (SSSR count). The summed E-state index contributed by atoms with van der Waals surface area (Å²) < 4.78 is 19.6. The number of hydrogen-bond acceptors (Lipinski definition) is 4. The number of carbonyl (C=O) groups excluding carboxylic acids is 2. The summed E-state index contributed by atoms with van der Waals surface area (Å²) in [4.78, 5) is 26.1. The molecule has 1 aliphatic heterocycles. The number of hydrogen-bond donors (Lipinski definition) is 1. The van der Waals surface area contributed by atoms with Crippen molar-refractivity contribution in [3.8, 4) is 11.1 Å². The maximum Gasteiger partial charge on any atom is 0.450 e. The van der Waals surface area contributed by atoms with Crippen LogP contribution in [0, 0.1) is 11.2 Å². The Bertz CT molecular complexity index is 988. The Balaban J connectivity index is 1.82. The summed E-state index contributed by atoms with van der Waals surface area (Å²) in [6.07, 6.45) is 3.78. The molecule has 0 bridgehead atoms. The molecular weight excluding hydrogens is 430 g/mol. The summed E-state index contributed by atoms with van der Waals surface area (Å²) in [5.41, 5.74) is 1.21. The van der Waals surface area contributed by atoms with Crippen LogP contribution in [0.25, 0.3) is 11.1 Å². The van der Waals surface area contributed by atoms with Crippen LogP contribution in [0.2, 0.25) is 11.8 Å². The monoisotopic (exact) mass is 455 g/mol. The Morgan fingerprint density at radius 1 is 1.38 bits per heavy atom. The molecule has 5 nitrogen and oxygen atoms in total. The second-order valence-electron chi connectivity index (χ2n) is 8.19. The number of nitrogens with zero attached hydrogens (tertiary/aromatic N) is 1. The lowest BCUT2D eigenvalue weighted by Crippen LogP contribution is -2.42. The van der Waals surface area contributed by atoms with Gasteiger partial charge < -0.3 is 19.3 Å². The van der Waals surface area contributed by atoms with E-state index in [1.54, 1.807) is 17.0 Å². The molecule has 2 atom stereocenters. The molecule has 1 amide bonds. The SMILES string of the molecule is C=CCC1(COB(C)O)C[C@@H](Cc2ccc(-c3cc(Cl)ccc3F)cc2)N(BC=O)C1=O. The normalized spacial score (nSPS) is 20.3. The van der Waals surface area contributed by atoms with E-state index in [1.165, 1.54) is 19.0 Å². The van der Waals surface area contributed by atoms with Crippen LogP contribution in [0.3, 0.4) is 0 Å². The Hall–Kier alpha value is -2.41. The minimum atomic E-state index is -0.998. The molecule has 0 spiro atoms. The van der Waals surface area contributed by atoms with Crippen molar-refractivity contribution in [2.24, 2.45) is 5.41 Å². The lowest BCUT2D eigenvalue weighted by molar-refractivity contribution is -0.134. The molecule has 32 heavy (non-hydrogen) atoms. The fourth-order valence-electron chi connectivity index (χ4n) is 4.33. The molecule has 2 aromatic rings. The first-order chi connectivity index (χ1) is 15.3. The highest BCUT2D eigenvalue weighted by atomic mass is 35.5. The molecule has 1 aliphatic rings. The van der Waals surface area contributed by atoms with E-state index in [-0.39, 0.29) is 31.8 Å². The van der Waals surface area contributed by atoms with Crippen LogP contribution in [0.4, 0.5) is 4.39 Å². The smallest absolute Gasteiger partial charge is 0.427 e. The molecule has 1 saturated heterocycles. The van der Waals surface area contributed by atoms with Crippen LogP contribution in [-0.2, 0) is 20.7 Å². The third-order valence-corrected chi connectivity index (χ3v) is 6.09. The van der Waals surface area contributed by atoms with Gasteiger partial charge in [0.1, 0.15) is 12.0 Å². The summed E-state index contributed by atoms with van der Waals surface area (Å²) >= 11 is 6.00. The molecule has 1 fully saturated rings. The molecule has 2 aromatic carbocycles. The van der Waals surface area contributed by atoms with Crippen molar-refractivity contribution in [3.05, 3.63) is 71.5 Å². The molecule has 0 radical (unpaired) electrons. The van der Waals surface area contributed by atoms with Gasteiger partial charge in [0.05, 0.1) is 5.41 Å². The average Bonchev–Trinajstić information content (AvgIpc) is 3.01. The summed E-state index contributed by atoms with van der Waals surface area (Å²) in [5, 5.41) is 10.0. The van der Waals surface area contributed by atoms with Crippen molar-refractivity contribution in [2.75, 3.05) is 6.61 Å². The average molecular weight is 456 g/mol. The van der Waals surface area contributed by atoms with Gasteiger partial charge in [0, 0.05) is 23.2 Å². The van der Waals surface area contributed by atoms with Gasteiger partial charge in [-0.2, -0.15) is 0 Å². The van der Waals surface area contributed by atoms with Gasteiger partial charge in [-0.05, 0) is 55.4 Å². The number of benzene rings is 2. The van der Waals surface area contributed by atoms with E-state index in [0.29, 0.717) is 35.4 Å². The summed E-state index contributed by atoms with van der Waals surface area (Å²) in [5.74, 6) is -0.527. The van der Waals surface area contributed by atoms with Crippen molar-refractivity contribution in [2.45, 2.75) is 32.1 Å². The summed E-state index contributed by atoms with van der Waals surface area (Å²) in [7, 11) is -1.01. The molecule has 1 unspecified atom stereocenters. The summed E-state index contributed by atoms with van der Waals surface area (Å²) in [6, 6.07) is 11.6. The van der Waals surface area contributed by atoms with E-state index in [0.717, 1.165) is 11.7 Å². The zero-order chi connectivity index (χ0) is 23.3. The first-order valence-corrected chi connectivity index (χ1v) is 10.9. The van der Waals surface area contributed by atoms with E-state index in [4.69, 9.17) is 16.3 Å². The molecule has 0 saturated carbocycles. The van der Waals surface area contributed by atoms with Gasteiger partial charge in [0.15, 0.2) is 0 Å². The van der Waals surface area contributed by atoms with E-state index in [9.17, 15) is 19.0 Å². The minimum absolute atomic E-state index is 0.0110. The van der Waals surface area contributed by atoms with E-state index >= 15 is 0 Å². The number of allylic oxidation sites excluding steroid dienone is 1. The van der Waals surface area contributed by atoms with E-state index < -0.39 is 12.5 Å². The van der Waals surface area contributed by atoms with Gasteiger partial charge in [-0.15, -0.1) is 6.58 Å². The lowest BCUT2D eigenvalue weighted by atomic mass is 9.80. The van der Waals surface area contributed by atoms with E-state index in [2.05, 4.69) is 6.58 Å². The van der Waals surface area contributed by atoms with Crippen LogP contribution < -0.4 is 0 Å².